The number of ether oxygens (including phenoxy) is 8. The summed E-state index contributed by atoms with van der Waals surface area (Å²) in [6.07, 6.45) is -1.34. The number of hydrogen-bond donors (Lipinski definition) is 6. The van der Waals surface area contributed by atoms with Crippen LogP contribution in [0.15, 0.2) is 0 Å². The third kappa shape index (κ3) is 31.9. The van der Waals surface area contributed by atoms with Crippen molar-refractivity contribution in [1.29, 1.82) is 0 Å². The highest BCUT2D eigenvalue weighted by Crippen LogP contribution is 2.40. The smallest absolute Gasteiger partial charge is 0.310 e. The molecule has 7 aliphatic rings. The van der Waals surface area contributed by atoms with Crippen LogP contribution < -0.4 is 0 Å². The summed E-state index contributed by atoms with van der Waals surface area (Å²) in [5, 5.41) is 50.3. The third-order valence-electron chi connectivity index (χ3n) is 15.3. The molecule has 7 fully saturated rings. The highest BCUT2D eigenvalue weighted by Gasteiger charge is 2.48. The molecule has 0 radical (unpaired) electrons. The molecule has 0 saturated carbocycles. The molecule has 576 valence electrons. The number of esters is 8. The van der Waals surface area contributed by atoms with Gasteiger partial charge in [0.05, 0.1) is 183 Å². The lowest BCUT2D eigenvalue weighted by Gasteiger charge is -2.14. The number of carboxylic acids is 6. The molecule has 0 bridgehead atoms. The summed E-state index contributed by atoms with van der Waals surface area (Å²) in [5.74, 6) is -17.7. The third-order valence-corrected chi connectivity index (χ3v) is 23.1. The molecule has 7 heterocycles. The minimum absolute atomic E-state index is 0.0385. The standard InChI is InChI=1S/C11H16O5S.3C9H12O5S.2C8H10O5S.C7H8O5S/c1-3-15-9(12)5-7-8(6-17-11(7)14)10(13)16-4-2;1-13-7(10)3-5-6(8(11)14-2)4-15-9(5)12;1-2-14-7(10)3-5-6(8(11)12)4-15-9(5)13;1-2-14-8(12)6-4-15-9(13)5(6)3-7(10)11;1-13-6(9)2-4-5(7(10)11)3-14-8(4)12;1-13-7(11)5-3-14-8(12)4(5)2-6(9)10;8-5(9)1-3-4(6(10)11)2-13-7(3)12/h7-8H,3-6H2,1-2H3;5-6H,3-4H2,1-2H3;5-6H,2-4H2,1H3,(H,11,12);5-6H,2-4H2,1H3,(H,10,11);4-5H,2-3H2,1H3,(H,10,11);4-5H,2-3H2,1H3,(H,9,10);3-4H,1-2H2,(H,8,9)(H,10,11). The molecule has 0 spiro atoms. The SMILES string of the molecule is CCOC(=O)C1CSC(=O)C1CC(=O)O.CCOC(=O)CC1C(=O)SCC1C(=O)O.CCOC(=O)CC1C(=O)SCC1C(=O)OCC.COC(=O)C1CSC(=O)C1CC(=O)O.COC(=O)CC1C(=O)SCC1C(=O)O.COC(=O)CC1C(=O)SCC1C(=O)OC.O=C(O)CC1C(=O)SCC1C(=O)O. The summed E-state index contributed by atoms with van der Waals surface area (Å²) >= 11 is 6.99. The Morgan fingerprint density at radius 1 is 0.272 bits per heavy atom. The molecule has 0 aliphatic carbocycles. The van der Waals surface area contributed by atoms with Crippen molar-refractivity contribution in [3.05, 3.63) is 0 Å². The van der Waals surface area contributed by atoms with Gasteiger partial charge in [-0.3, -0.25) is 101 Å². The normalized spacial score (nSPS) is 25.5. The van der Waals surface area contributed by atoms with Gasteiger partial charge in [-0.2, -0.15) is 0 Å². The molecule has 14 atom stereocenters. The second-order valence-electron chi connectivity index (χ2n) is 21.8. The van der Waals surface area contributed by atoms with E-state index >= 15 is 0 Å². The lowest BCUT2D eigenvalue weighted by Crippen LogP contribution is -2.28. The molecule has 0 aromatic carbocycles. The van der Waals surface area contributed by atoms with Crippen LogP contribution in [0.4, 0.5) is 0 Å². The molecule has 6 N–H and O–H groups in total. The first-order valence-corrected chi connectivity index (χ1v) is 37.8. The van der Waals surface area contributed by atoms with Crippen LogP contribution in [0.2, 0.25) is 0 Å². The lowest BCUT2D eigenvalue weighted by atomic mass is 9.92. The average molecular weight is 1600 g/mol. The lowest BCUT2D eigenvalue weighted by molar-refractivity contribution is -0.153. The Kier molecular flexibility index (Phi) is 44.3. The fourth-order valence-electron chi connectivity index (χ4n) is 9.84. The van der Waals surface area contributed by atoms with Gasteiger partial charge in [0.1, 0.15) is 0 Å². The second kappa shape index (κ2) is 48.7. The van der Waals surface area contributed by atoms with Gasteiger partial charge in [-0.1, -0.05) is 82.3 Å². The van der Waals surface area contributed by atoms with Crippen molar-refractivity contribution in [2.45, 2.75) is 72.6 Å². The molecule has 35 nitrogen and oxygen atoms in total. The molecule has 0 aromatic heterocycles. The van der Waals surface area contributed by atoms with Gasteiger partial charge < -0.3 is 68.5 Å². The van der Waals surface area contributed by atoms with Crippen molar-refractivity contribution >= 4 is 202 Å². The number of methoxy groups -OCH3 is 4. The first-order chi connectivity index (χ1) is 48.4. The number of carbonyl (C=O) groups is 21. The number of carboxylic acid groups (broad SMARTS) is 6. The van der Waals surface area contributed by atoms with Crippen LogP contribution in [0.1, 0.15) is 72.6 Å². The Labute approximate surface area is 618 Å². The van der Waals surface area contributed by atoms with Gasteiger partial charge in [0.25, 0.3) is 0 Å². The van der Waals surface area contributed by atoms with Gasteiger partial charge >= 0.3 is 83.6 Å². The van der Waals surface area contributed by atoms with Gasteiger partial charge in [0.15, 0.2) is 35.8 Å². The summed E-state index contributed by atoms with van der Waals surface area (Å²) in [7, 11) is 4.96. The minimum Gasteiger partial charge on any atom is -0.481 e. The number of carbonyl (C=O) groups excluding carboxylic acids is 15. The van der Waals surface area contributed by atoms with Gasteiger partial charge in [-0.05, 0) is 27.7 Å². The Morgan fingerprint density at radius 3 is 0.650 bits per heavy atom. The predicted octanol–water partition coefficient (Wildman–Crippen LogP) is 2.63. The molecule has 0 amide bonds. The predicted molar refractivity (Wildman–Crippen MR) is 364 cm³/mol. The molecular formula is C61H80O35S7. The maximum atomic E-state index is 11.6. The van der Waals surface area contributed by atoms with Crippen LogP contribution in [0.5, 0.6) is 0 Å². The Balaban J connectivity index is 0.000000602. The summed E-state index contributed by atoms with van der Waals surface area (Å²) in [5.41, 5.74) is 0. The molecular weight excluding hydrogens is 1520 g/mol. The van der Waals surface area contributed by atoms with Gasteiger partial charge in [-0.15, -0.1) is 0 Å². The van der Waals surface area contributed by atoms with E-state index < -0.39 is 166 Å². The second-order valence-corrected chi connectivity index (χ2v) is 29.0. The zero-order chi connectivity index (χ0) is 78.5. The van der Waals surface area contributed by atoms with Crippen LogP contribution in [0, 0.1) is 82.9 Å². The summed E-state index contributed by atoms with van der Waals surface area (Å²) in [4.78, 5) is 232. The van der Waals surface area contributed by atoms with E-state index in [1.807, 2.05) is 0 Å². The van der Waals surface area contributed by atoms with Crippen molar-refractivity contribution in [2.24, 2.45) is 82.9 Å². The van der Waals surface area contributed by atoms with E-state index in [0.717, 1.165) is 82.3 Å². The molecule has 42 heteroatoms. The number of hydrogen-bond acceptors (Lipinski definition) is 36. The molecule has 14 unspecified atom stereocenters. The maximum absolute atomic E-state index is 11.6. The van der Waals surface area contributed by atoms with Crippen molar-refractivity contribution in [3.8, 4) is 0 Å². The van der Waals surface area contributed by atoms with Crippen LogP contribution in [0.25, 0.3) is 0 Å². The number of rotatable bonds is 25. The van der Waals surface area contributed by atoms with Crippen LogP contribution >= 0.6 is 82.3 Å². The number of aliphatic carboxylic acids is 6. The molecule has 103 heavy (non-hydrogen) atoms. The Bertz CT molecular complexity index is 3110. The van der Waals surface area contributed by atoms with E-state index in [9.17, 15) is 101 Å². The van der Waals surface area contributed by atoms with E-state index in [-0.39, 0.29) is 124 Å². The zero-order valence-electron chi connectivity index (χ0n) is 56.7. The van der Waals surface area contributed by atoms with E-state index in [4.69, 9.17) is 44.8 Å². The largest absolute Gasteiger partial charge is 0.481 e. The van der Waals surface area contributed by atoms with Crippen LogP contribution in [-0.4, -0.2) is 245 Å². The van der Waals surface area contributed by atoms with Crippen LogP contribution in [0.3, 0.4) is 0 Å². The first-order valence-electron chi connectivity index (χ1n) is 30.9. The van der Waals surface area contributed by atoms with E-state index in [0.29, 0.717) is 23.0 Å². The fraction of sp³-hybridized carbons (Fsp3) is 0.656. The van der Waals surface area contributed by atoms with Crippen molar-refractivity contribution in [2.75, 3.05) is 95.1 Å². The Hall–Kier alpha value is -7.28. The van der Waals surface area contributed by atoms with E-state index in [1.165, 1.54) is 28.4 Å². The Morgan fingerprint density at radius 2 is 0.456 bits per heavy atom. The highest BCUT2D eigenvalue weighted by molar-refractivity contribution is 8.15. The van der Waals surface area contributed by atoms with E-state index in [2.05, 4.69) is 23.7 Å². The highest BCUT2D eigenvalue weighted by atomic mass is 32.2. The zero-order valence-corrected chi connectivity index (χ0v) is 62.4. The summed E-state index contributed by atoms with van der Waals surface area (Å²) in [6.45, 7) is 7.79. The van der Waals surface area contributed by atoms with Crippen molar-refractivity contribution in [1.82, 2.24) is 0 Å². The van der Waals surface area contributed by atoms with Crippen molar-refractivity contribution < 1.29 is 169 Å². The molecule has 7 rings (SSSR count). The topological polar surface area (TPSA) is 554 Å². The maximum Gasteiger partial charge on any atom is 0.310 e. The first kappa shape index (κ1) is 93.7. The van der Waals surface area contributed by atoms with Crippen LogP contribution in [-0.2, 0) is 139 Å². The molecule has 7 aliphatic heterocycles. The van der Waals surface area contributed by atoms with E-state index in [1.54, 1.807) is 27.7 Å². The molecule has 7 saturated heterocycles. The average Bonchev–Trinajstić information content (AvgIpc) is 1.77. The number of thioether (sulfide) groups is 7. The molecule has 0 aromatic rings. The summed E-state index contributed by atoms with van der Waals surface area (Å²) < 4.78 is 37.1. The van der Waals surface area contributed by atoms with Gasteiger partial charge in [-0.25, -0.2) is 0 Å². The minimum atomic E-state index is -1.13. The quantitative estimate of drug-likeness (QED) is 0.0565. The monoisotopic (exact) mass is 1600 g/mol. The summed E-state index contributed by atoms with van der Waals surface area (Å²) in [6, 6.07) is 0. The fourth-order valence-corrected chi connectivity index (χ4v) is 18.1. The van der Waals surface area contributed by atoms with Gasteiger partial charge in [0.2, 0.25) is 0 Å². The van der Waals surface area contributed by atoms with Gasteiger partial charge in [0, 0.05) is 40.3 Å². The van der Waals surface area contributed by atoms with Crippen molar-refractivity contribution in [3.63, 3.8) is 0 Å².